The molecule has 0 bridgehead atoms. The Bertz CT molecular complexity index is 228. The van der Waals surface area contributed by atoms with Crippen molar-refractivity contribution in [2.24, 2.45) is 0 Å². The topological polar surface area (TPSA) is 0 Å². The second kappa shape index (κ2) is 9.72. The molecule has 1 aromatic carbocycles. The van der Waals surface area contributed by atoms with Gasteiger partial charge in [-0.1, -0.05) is 39.8 Å². The number of hydrogen-bond donors (Lipinski definition) is 0. The Morgan fingerprint density at radius 3 is 1.14 bits per heavy atom. The van der Waals surface area contributed by atoms with Crippen LogP contribution in [0.4, 0.5) is 0 Å². The molecule has 0 nitrogen and oxygen atoms in total. The standard InChI is InChI=1S/C8H8Br2.2C2H6/c1-5-3-4-6(2)8(10)7(5)9;2*1-2/h3-4H,1-2H3;2*1-2H3. The Balaban J connectivity index is 0. The smallest absolute Gasteiger partial charge is 0.0349 e. The van der Waals surface area contributed by atoms with Crippen LogP contribution in [0.2, 0.25) is 0 Å². The fourth-order valence-corrected chi connectivity index (χ4v) is 1.63. The summed E-state index contributed by atoms with van der Waals surface area (Å²) in [6.45, 7) is 12.2. The van der Waals surface area contributed by atoms with Crippen molar-refractivity contribution in [3.63, 3.8) is 0 Å². The molecule has 2 heteroatoms. The molecule has 0 N–H and O–H groups in total. The van der Waals surface area contributed by atoms with Crippen LogP contribution in [0.3, 0.4) is 0 Å². The van der Waals surface area contributed by atoms with Crippen molar-refractivity contribution in [2.75, 3.05) is 0 Å². The van der Waals surface area contributed by atoms with Crippen LogP contribution >= 0.6 is 31.9 Å². The van der Waals surface area contributed by atoms with E-state index in [4.69, 9.17) is 0 Å². The quantitative estimate of drug-likeness (QED) is 0.559. The highest BCUT2D eigenvalue weighted by Crippen LogP contribution is 2.28. The zero-order valence-corrected chi connectivity index (χ0v) is 13.1. The molecule has 0 saturated carbocycles. The van der Waals surface area contributed by atoms with Gasteiger partial charge in [-0.3, -0.25) is 0 Å². The summed E-state index contributed by atoms with van der Waals surface area (Å²) in [4.78, 5) is 0. The molecule has 0 unspecified atom stereocenters. The van der Waals surface area contributed by atoms with Gasteiger partial charge >= 0.3 is 0 Å². The first-order chi connectivity index (χ1) is 6.63. The van der Waals surface area contributed by atoms with E-state index in [1.54, 1.807) is 0 Å². The van der Waals surface area contributed by atoms with E-state index in [-0.39, 0.29) is 0 Å². The highest BCUT2D eigenvalue weighted by Gasteiger charge is 2.01. The molecule has 14 heavy (non-hydrogen) atoms. The lowest BCUT2D eigenvalue weighted by Crippen LogP contribution is -1.80. The highest BCUT2D eigenvalue weighted by molar-refractivity contribution is 9.13. The van der Waals surface area contributed by atoms with Crippen molar-refractivity contribution in [1.29, 1.82) is 0 Å². The number of rotatable bonds is 0. The molecule has 0 heterocycles. The van der Waals surface area contributed by atoms with E-state index in [2.05, 4.69) is 57.8 Å². The van der Waals surface area contributed by atoms with E-state index in [1.165, 1.54) is 11.1 Å². The van der Waals surface area contributed by atoms with Gasteiger partial charge in [0, 0.05) is 8.95 Å². The Morgan fingerprint density at radius 1 is 0.714 bits per heavy atom. The maximum absolute atomic E-state index is 3.48. The van der Waals surface area contributed by atoms with Gasteiger partial charge < -0.3 is 0 Å². The maximum atomic E-state index is 3.48. The summed E-state index contributed by atoms with van der Waals surface area (Å²) in [5, 5.41) is 0. The lowest BCUT2D eigenvalue weighted by molar-refractivity contribution is 1.33. The average molecular weight is 324 g/mol. The molecular formula is C12H20Br2. The largest absolute Gasteiger partial charge is 0.0683 e. The first kappa shape index (κ1) is 16.6. The van der Waals surface area contributed by atoms with Gasteiger partial charge in [0.25, 0.3) is 0 Å². The van der Waals surface area contributed by atoms with Crippen molar-refractivity contribution in [2.45, 2.75) is 41.5 Å². The molecule has 82 valence electrons. The number of halogens is 2. The summed E-state index contributed by atoms with van der Waals surface area (Å²) in [5.74, 6) is 0. The zero-order valence-electron chi connectivity index (χ0n) is 9.91. The highest BCUT2D eigenvalue weighted by atomic mass is 79.9. The van der Waals surface area contributed by atoms with Gasteiger partial charge in [0.15, 0.2) is 0 Å². The second-order valence-electron chi connectivity index (χ2n) is 2.33. The summed E-state index contributed by atoms with van der Waals surface area (Å²) in [5.41, 5.74) is 2.52. The van der Waals surface area contributed by atoms with Crippen molar-refractivity contribution in [3.8, 4) is 0 Å². The molecular weight excluding hydrogens is 304 g/mol. The van der Waals surface area contributed by atoms with Crippen LogP contribution in [-0.2, 0) is 0 Å². The van der Waals surface area contributed by atoms with Crippen molar-refractivity contribution in [3.05, 3.63) is 32.2 Å². The third-order valence-corrected chi connectivity index (χ3v) is 4.04. The van der Waals surface area contributed by atoms with Crippen LogP contribution in [0.5, 0.6) is 0 Å². The lowest BCUT2D eigenvalue weighted by atomic mass is 10.2. The first-order valence-corrected chi connectivity index (χ1v) is 6.62. The van der Waals surface area contributed by atoms with E-state index in [0.29, 0.717) is 0 Å². The summed E-state index contributed by atoms with van der Waals surface area (Å²) in [6, 6.07) is 4.20. The van der Waals surface area contributed by atoms with Crippen LogP contribution in [0, 0.1) is 13.8 Å². The van der Waals surface area contributed by atoms with Gasteiger partial charge in [0.1, 0.15) is 0 Å². The number of aryl methyl sites for hydroxylation is 2. The van der Waals surface area contributed by atoms with Gasteiger partial charge in [0.05, 0.1) is 0 Å². The predicted octanol–water partition coefficient (Wildman–Crippen LogP) is 5.88. The fourth-order valence-electron chi connectivity index (χ4n) is 0.743. The van der Waals surface area contributed by atoms with Crippen LogP contribution in [0.15, 0.2) is 21.1 Å². The summed E-state index contributed by atoms with van der Waals surface area (Å²) < 4.78 is 2.32. The molecule has 0 amide bonds. The van der Waals surface area contributed by atoms with Gasteiger partial charge in [0.2, 0.25) is 0 Å². The van der Waals surface area contributed by atoms with Crippen molar-refractivity contribution >= 4 is 31.9 Å². The fraction of sp³-hybridized carbons (Fsp3) is 0.500. The SMILES string of the molecule is CC.CC.Cc1ccc(C)c(Br)c1Br. The molecule has 1 aromatic rings. The van der Waals surface area contributed by atoms with E-state index in [9.17, 15) is 0 Å². The van der Waals surface area contributed by atoms with Gasteiger partial charge in [-0.2, -0.15) is 0 Å². The summed E-state index contributed by atoms with van der Waals surface area (Å²) >= 11 is 6.97. The van der Waals surface area contributed by atoms with Crippen molar-refractivity contribution < 1.29 is 0 Å². The maximum Gasteiger partial charge on any atom is 0.0349 e. The lowest BCUT2D eigenvalue weighted by Gasteiger charge is -2.02. The Hall–Kier alpha value is 0.180. The average Bonchev–Trinajstić information content (AvgIpc) is 2.26. The van der Waals surface area contributed by atoms with Crippen LogP contribution in [0.25, 0.3) is 0 Å². The summed E-state index contributed by atoms with van der Waals surface area (Å²) in [7, 11) is 0. The molecule has 0 saturated heterocycles. The molecule has 0 radical (unpaired) electrons. The minimum absolute atomic E-state index is 1.16. The molecule has 0 aliphatic heterocycles. The Labute approximate surface area is 105 Å². The third kappa shape index (κ3) is 5.16. The van der Waals surface area contributed by atoms with Gasteiger partial charge in [-0.15, -0.1) is 0 Å². The molecule has 0 aromatic heterocycles. The van der Waals surface area contributed by atoms with E-state index in [1.807, 2.05) is 27.7 Å². The molecule has 0 fully saturated rings. The van der Waals surface area contributed by atoms with E-state index < -0.39 is 0 Å². The monoisotopic (exact) mass is 322 g/mol. The molecule has 0 atom stereocenters. The minimum Gasteiger partial charge on any atom is -0.0683 e. The molecule has 0 aliphatic rings. The first-order valence-electron chi connectivity index (χ1n) is 5.04. The summed E-state index contributed by atoms with van der Waals surface area (Å²) in [6.07, 6.45) is 0. The molecule has 0 spiro atoms. The zero-order chi connectivity index (χ0) is 11.7. The normalized spacial score (nSPS) is 8.00. The number of benzene rings is 1. The van der Waals surface area contributed by atoms with Gasteiger partial charge in [-0.25, -0.2) is 0 Å². The minimum atomic E-state index is 1.16. The van der Waals surface area contributed by atoms with Crippen LogP contribution < -0.4 is 0 Å². The predicted molar refractivity (Wildman–Crippen MR) is 74.0 cm³/mol. The number of hydrogen-bond acceptors (Lipinski definition) is 0. The Kier molecular flexibility index (Phi) is 11.5. The second-order valence-corrected chi connectivity index (χ2v) is 3.91. The van der Waals surface area contributed by atoms with Gasteiger partial charge in [-0.05, 0) is 56.8 Å². The molecule has 1 rings (SSSR count). The van der Waals surface area contributed by atoms with Crippen molar-refractivity contribution in [1.82, 2.24) is 0 Å². The van der Waals surface area contributed by atoms with E-state index >= 15 is 0 Å². The molecule has 0 aliphatic carbocycles. The van der Waals surface area contributed by atoms with Crippen LogP contribution in [0.1, 0.15) is 38.8 Å². The van der Waals surface area contributed by atoms with Crippen LogP contribution in [-0.4, -0.2) is 0 Å². The van der Waals surface area contributed by atoms with E-state index in [0.717, 1.165) is 8.95 Å². The third-order valence-electron chi connectivity index (χ3n) is 1.47. The Morgan fingerprint density at radius 2 is 0.929 bits per heavy atom.